The predicted molar refractivity (Wildman–Crippen MR) is 83.1 cm³/mol. The van der Waals surface area contributed by atoms with E-state index in [0.29, 0.717) is 5.92 Å². The SMILES string of the molecule is CC1CCCN(C(=O)CCNC(=O)c2cncc(C(=O)O)c2)C1. The molecule has 7 heteroatoms. The zero-order valence-corrected chi connectivity index (χ0v) is 13.1. The Labute approximate surface area is 134 Å². The molecule has 2 heterocycles. The topological polar surface area (TPSA) is 99.6 Å². The molecule has 1 aliphatic rings. The van der Waals surface area contributed by atoms with E-state index in [2.05, 4.69) is 17.2 Å². The van der Waals surface area contributed by atoms with Gasteiger partial charge >= 0.3 is 5.97 Å². The highest BCUT2D eigenvalue weighted by Gasteiger charge is 2.20. The summed E-state index contributed by atoms with van der Waals surface area (Å²) in [6.45, 7) is 3.91. The van der Waals surface area contributed by atoms with Crippen LogP contribution in [0.25, 0.3) is 0 Å². The number of piperidine rings is 1. The van der Waals surface area contributed by atoms with Crippen molar-refractivity contribution in [2.24, 2.45) is 5.92 Å². The number of aromatic carboxylic acids is 1. The van der Waals surface area contributed by atoms with Crippen molar-refractivity contribution in [2.75, 3.05) is 19.6 Å². The zero-order valence-electron chi connectivity index (χ0n) is 13.1. The Balaban J connectivity index is 1.81. The van der Waals surface area contributed by atoms with E-state index >= 15 is 0 Å². The summed E-state index contributed by atoms with van der Waals surface area (Å²) in [4.78, 5) is 40.5. The quantitative estimate of drug-likeness (QED) is 0.848. The van der Waals surface area contributed by atoms with Crippen LogP contribution in [0.3, 0.4) is 0 Å². The maximum atomic E-state index is 12.1. The fraction of sp³-hybridized carbons (Fsp3) is 0.500. The average Bonchev–Trinajstić information content (AvgIpc) is 2.54. The number of pyridine rings is 1. The van der Waals surface area contributed by atoms with Gasteiger partial charge in [-0.3, -0.25) is 14.6 Å². The summed E-state index contributed by atoms with van der Waals surface area (Å²) in [5.74, 6) is -1.01. The molecule has 0 spiro atoms. The molecule has 0 radical (unpaired) electrons. The molecule has 23 heavy (non-hydrogen) atoms. The van der Waals surface area contributed by atoms with Crippen LogP contribution in [-0.2, 0) is 4.79 Å². The van der Waals surface area contributed by atoms with Crippen LogP contribution in [-0.4, -0.2) is 52.4 Å². The van der Waals surface area contributed by atoms with Gasteiger partial charge in [-0.15, -0.1) is 0 Å². The Kier molecular flexibility index (Phi) is 5.67. The van der Waals surface area contributed by atoms with Crippen LogP contribution in [0.5, 0.6) is 0 Å². The average molecular weight is 319 g/mol. The second kappa shape index (κ2) is 7.71. The number of likely N-dealkylation sites (tertiary alicyclic amines) is 1. The molecule has 1 fully saturated rings. The number of nitrogens with zero attached hydrogens (tertiary/aromatic N) is 2. The van der Waals surface area contributed by atoms with Crippen molar-refractivity contribution >= 4 is 17.8 Å². The van der Waals surface area contributed by atoms with E-state index in [4.69, 9.17) is 5.11 Å². The smallest absolute Gasteiger partial charge is 0.337 e. The molecular formula is C16H21N3O4. The molecule has 1 atom stereocenters. The highest BCUT2D eigenvalue weighted by molar-refractivity contribution is 5.97. The lowest BCUT2D eigenvalue weighted by atomic mass is 10.00. The van der Waals surface area contributed by atoms with Crippen LogP contribution in [0, 0.1) is 5.92 Å². The van der Waals surface area contributed by atoms with Crippen molar-refractivity contribution in [1.29, 1.82) is 0 Å². The van der Waals surface area contributed by atoms with E-state index in [-0.39, 0.29) is 30.0 Å². The van der Waals surface area contributed by atoms with Gasteiger partial charge in [0.2, 0.25) is 5.91 Å². The summed E-state index contributed by atoms with van der Waals surface area (Å²) in [5, 5.41) is 11.5. The Hall–Kier alpha value is -2.44. The fourth-order valence-electron chi connectivity index (χ4n) is 2.64. The van der Waals surface area contributed by atoms with Gasteiger partial charge in [0.15, 0.2) is 0 Å². The first-order valence-corrected chi connectivity index (χ1v) is 7.71. The molecule has 0 saturated carbocycles. The van der Waals surface area contributed by atoms with Gasteiger partial charge in [0, 0.05) is 38.4 Å². The second-order valence-corrected chi connectivity index (χ2v) is 5.86. The molecule has 1 saturated heterocycles. The number of nitrogens with one attached hydrogen (secondary N) is 1. The third-order valence-electron chi connectivity index (χ3n) is 3.88. The monoisotopic (exact) mass is 319 g/mol. The second-order valence-electron chi connectivity index (χ2n) is 5.86. The maximum Gasteiger partial charge on any atom is 0.337 e. The van der Waals surface area contributed by atoms with Gasteiger partial charge in [0.25, 0.3) is 5.91 Å². The molecule has 2 amide bonds. The number of carbonyl (C=O) groups is 3. The van der Waals surface area contributed by atoms with E-state index in [1.54, 1.807) is 0 Å². The number of carboxylic acid groups (broad SMARTS) is 1. The lowest BCUT2D eigenvalue weighted by Crippen LogP contribution is -2.40. The van der Waals surface area contributed by atoms with Gasteiger partial charge in [0.05, 0.1) is 11.1 Å². The lowest BCUT2D eigenvalue weighted by molar-refractivity contribution is -0.132. The number of aromatic nitrogens is 1. The molecule has 0 aliphatic carbocycles. The van der Waals surface area contributed by atoms with Gasteiger partial charge in [0.1, 0.15) is 0 Å². The number of rotatable bonds is 5. The van der Waals surface area contributed by atoms with Crippen molar-refractivity contribution in [3.8, 4) is 0 Å². The third kappa shape index (κ3) is 4.77. The first-order chi connectivity index (χ1) is 11.0. The van der Waals surface area contributed by atoms with E-state index in [9.17, 15) is 14.4 Å². The van der Waals surface area contributed by atoms with E-state index in [1.807, 2.05) is 4.90 Å². The summed E-state index contributed by atoms with van der Waals surface area (Å²) < 4.78 is 0. The lowest BCUT2D eigenvalue weighted by Gasteiger charge is -2.31. The van der Waals surface area contributed by atoms with Crippen molar-refractivity contribution in [2.45, 2.75) is 26.2 Å². The summed E-state index contributed by atoms with van der Waals surface area (Å²) in [6, 6.07) is 1.26. The Morgan fingerprint density at radius 2 is 2.09 bits per heavy atom. The van der Waals surface area contributed by atoms with Gasteiger partial charge in [-0.05, 0) is 24.8 Å². The number of carbonyl (C=O) groups excluding carboxylic acids is 2. The predicted octanol–water partition coefficient (Wildman–Crippen LogP) is 1.16. The van der Waals surface area contributed by atoms with Crippen LogP contribution in [0.1, 0.15) is 46.9 Å². The molecule has 1 unspecified atom stereocenters. The highest BCUT2D eigenvalue weighted by Crippen LogP contribution is 2.15. The zero-order chi connectivity index (χ0) is 16.8. The third-order valence-corrected chi connectivity index (χ3v) is 3.88. The van der Waals surface area contributed by atoms with Crippen LogP contribution < -0.4 is 5.32 Å². The molecule has 1 aromatic heterocycles. The molecule has 124 valence electrons. The minimum absolute atomic E-state index is 0.0364. The van der Waals surface area contributed by atoms with Crippen LogP contribution in [0.4, 0.5) is 0 Å². The standard InChI is InChI=1S/C16H21N3O4/c1-11-3-2-6-19(10-11)14(20)4-5-18-15(21)12-7-13(16(22)23)9-17-8-12/h7-9,11H,2-6,10H2,1H3,(H,18,21)(H,22,23). The van der Waals surface area contributed by atoms with E-state index in [1.165, 1.54) is 18.5 Å². The summed E-state index contributed by atoms with van der Waals surface area (Å²) in [6.07, 6.45) is 4.89. The Morgan fingerprint density at radius 3 is 2.78 bits per heavy atom. The van der Waals surface area contributed by atoms with Crippen LogP contribution in [0.2, 0.25) is 0 Å². The van der Waals surface area contributed by atoms with Crippen molar-refractivity contribution in [3.05, 3.63) is 29.6 Å². The van der Waals surface area contributed by atoms with Gasteiger partial charge in [-0.25, -0.2) is 4.79 Å². The summed E-state index contributed by atoms with van der Waals surface area (Å²) >= 11 is 0. The number of amides is 2. The minimum Gasteiger partial charge on any atom is -0.478 e. The Morgan fingerprint density at radius 1 is 1.35 bits per heavy atom. The minimum atomic E-state index is -1.14. The van der Waals surface area contributed by atoms with E-state index in [0.717, 1.165) is 25.9 Å². The van der Waals surface area contributed by atoms with Crippen LogP contribution >= 0.6 is 0 Å². The molecule has 0 bridgehead atoms. The summed E-state index contributed by atoms with van der Waals surface area (Å²) in [5.41, 5.74) is 0.125. The largest absolute Gasteiger partial charge is 0.478 e. The van der Waals surface area contributed by atoms with Gasteiger partial charge < -0.3 is 15.3 Å². The first-order valence-electron chi connectivity index (χ1n) is 7.71. The normalized spacial score (nSPS) is 17.6. The number of carboxylic acids is 1. The van der Waals surface area contributed by atoms with Gasteiger partial charge in [-0.2, -0.15) is 0 Å². The fourth-order valence-corrected chi connectivity index (χ4v) is 2.64. The van der Waals surface area contributed by atoms with Crippen LogP contribution in [0.15, 0.2) is 18.5 Å². The molecule has 1 aromatic rings. The molecule has 0 aromatic carbocycles. The van der Waals surface area contributed by atoms with Crippen molar-refractivity contribution in [1.82, 2.24) is 15.2 Å². The number of hydrogen-bond donors (Lipinski definition) is 2. The first kappa shape index (κ1) is 16.9. The van der Waals surface area contributed by atoms with Crippen molar-refractivity contribution in [3.63, 3.8) is 0 Å². The summed E-state index contributed by atoms with van der Waals surface area (Å²) in [7, 11) is 0. The molecule has 1 aliphatic heterocycles. The van der Waals surface area contributed by atoms with Gasteiger partial charge in [-0.1, -0.05) is 6.92 Å². The van der Waals surface area contributed by atoms with Crippen molar-refractivity contribution < 1.29 is 19.5 Å². The highest BCUT2D eigenvalue weighted by atomic mass is 16.4. The Bertz CT molecular complexity index is 603. The molecule has 2 rings (SSSR count). The number of hydrogen-bond acceptors (Lipinski definition) is 4. The molecule has 7 nitrogen and oxygen atoms in total. The molecule has 2 N–H and O–H groups in total. The van der Waals surface area contributed by atoms with E-state index < -0.39 is 11.9 Å². The maximum absolute atomic E-state index is 12.1. The molecular weight excluding hydrogens is 298 g/mol.